The van der Waals surface area contributed by atoms with E-state index in [0.717, 1.165) is 23.6 Å². The van der Waals surface area contributed by atoms with Gasteiger partial charge in [-0.25, -0.2) is 9.38 Å². The van der Waals surface area contributed by atoms with E-state index >= 15 is 0 Å². The maximum absolute atomic E-state index is 13.9. The van der Waals surface area contributed by atoms with Crippen molar-refractivity contribution in [2.24, 2.45) is 4.99 Å². The van der Waals surface area contributed by atoms with Gasteiger partial charge in [-0.05, 0) is 55.0 Å². The molecule has 0 unspecified atom stereocenters. The lowest BCUT2D eigenvalue weighted by molar-refractivity contribution is 0.602. The number of hydrogen-bond donors (Lipinski definition) is 0. The van der Waals surface area contributed by atoms with E-state index in [1.54, 1.807) is 6.07 Å². The van der Waals surface area contributed by atoms with E-state index in [1.165, 1.54) is 29.0 Å². The Morgan fingerprint density at radius 3 is 2.56 bits per heavy atom. The van der Waals surface area contributed by atoms with Crippen LogP contribution in [0.4, 0.5) is 10.1 Å². The summed E-state index contributed by atoms with van der Waals surface area (Å²) in [4.78, 5) is 5.53. The van der Waals surface area contributed by atoms with Gasteiger partial charge < -0.3 is 0 Å². The molecule has 0 aliphatic carbocycles. The topological polar surface area (TPSA) is 12.4 Å². The maximum atomic E-state index is 13.9. The van der Waals surface area contributed by atoms with Crippen LogP contribution in [0.1, 0.15) is 32.3 Å². The maximum Gasteiger partial charge on any atom is 0.137 e. The predicted molar refractivity (Wildman–Crippen MR) is 110 cm³/mol. The van der Waals surface area contributed by atoms with Gasteiger partial charge in [-0.1, -0.05) is 67.2 Å². The van der Waals surface area contributed by atoms with E-state index in [4.69, 9.17) is 4.99 Å². The van der Waals surface area contributed by atoms with Crippen LogP contribution in [0.25, 0.3) is 0 Å². The molecule has 1 nitrogen and oxygen atoms in total. The third kappa shape index (κ3) is 4.99. The van der Waals surface area contributed by atoms with Gasteiger partial charge in [0.1, 0.15) is 10.9 Å². The van der Waals surface area contributed by atoms with Gasteiger partial charge in [0, 0.05) is 9.64 Å². The van der Waals surface area contributed by atoms with Crippen molar-refractivity contribution in [3.63, 3.8) is 0 Å². The van der Waals surface area contributed by atoms with Crippen molar-refractivity contribution in [1.82, 2.24) is 0 Å². The van der Waals surface area contributed by atoms with Gasteiger partial charge in [0.2, 0.25) is 0 Å². The number of halogens is 1. The van der Waals surface area contributed by atoms with E-state index in [9.17, 15) is 4.39 Å². The van der Waals surface area contributed by atoms with E-state index in [1.807, 2.05) is 36.0 Å². The molecule has 1 fully saturated rings. The summed E-state index contributed by atoms with van der Waals surface area (Å²) >= 11 is 3.25. The molecule has 25 heavy (non-hydrogen) atoms. The van der Waals surface area contributed by atoms with Crippen molar-refractivity contribution >= 4 is 34.3 Å². The molecule has 0 bridgehead atoms. The first-order valence-corrected chi connectivity index (χ1v) is 10.1. The molecule has 2 aromatic rings. The van der Waals surface area contributed by atoms with Crippen LogP contribution >= 0.6 is 23.5 Å². The zero-order valence-corrected chi connectivity index (χ0v) is 16.4. The Bertz CT molecular complexity index is 807. The molecule has 2 aromatic carbocycles. The Morgan fingerprint density at radius 2 is 1.84 bits per heavy atom. The molecular formula is C21H22FNS2. The summed E-state index contributed by atoms with van der Waals surface area (Å²) in [5, 5.41) is 3.11. The van der Waals surface area contributed by atoms with Crippen molar-refractivity contribution in [2.45, 2.75) is 43.3 Å². The summed E-state index contributed by atoms with van der Waals surface area (Å²) in [6.45, 7) is 6.58. The lowest BCUT2D eigenvalue weighted by Crippen LogP contribution is -2.24. The van der Waals surface area contributed by atoms with Crippen LogP contribution in [0.5, 0.6) is 0 Å². The molecule has 0 saturated carbocycles. The van der Waals surface area contributed by atoms with Crippen LogP contribution in [-0.4, -0.2) is 9.79 Å². The van der Waals surface area contributed by atoms with E-state index in [2.05, 4.69) is 38.3 Å². The van der Waals surface area contributed by atoms with Crippen molar-refractivity contribution in [2.75, 3.05) is 0 Å². The second-order valence-electron chi connectivity index (χ2n) is 6.81. The van der Waals surface area contributed by atoms with Crippen LogP contribution in [0.2, 0.25) is 0 Å². The molecule has 0 N–H and O–H groups in total. The monoisotopic (exact) mass is 371 g/mol. The Morgan fingerprint density at radius 1 is 1.12 bits per heavy atom. The Kier molecular flexibility index (Phi) is 5.70. The fraction of sp³-hybridized carbons (Fsp3) is 0.286. The molecule has 0 amide bonds. The molecule has 1 aliphatic rings. The third-order valence-electron chi connectivity index (χ3n) is 4.07. The number of nitrogens with zero attached hydrogens (tertiary/aromatic N) is 1. The lowest BCUT2D eigenvalue weighted by atomic mass is 10.0. The van der Waals surface area contributed by atoms with Crippen molar-refractivity contribution in [3.05, 3.63) is 70.9 Å². The second-order valence-corrected chi connectivity index (χ2v) is 9.41. The third-order valence-corrected chi connectivity index (χ3v) is 6.36. The fourth-order valence-electron chi connectivity index (χ4n) is 2.54. The highest BCUT2D eigenvalue weighted by Gasteiger charge is 2.29. The van der Waals surface area contributed by atoms with Gasteiger partial charge in [0.15, 0.2) is 0 Å². The zero-order valence-electron chi connectivity index (χ0n) is 14.8. The van der Waals surface area contributed by atoms with Crippen molar-refractivity contribution in [3.8, 4) is 0 Å². The summed E-state index contributed by atoms with van der Waals surface area (Å²) in [5.74, 6) is -0.176. The van der Waals surface area contributed by atoms with Crippen molar-refractivity contribution in [1.29, 1.82) is 0 Å². The first kappa shape index (κ1) is 18.3. The van der Waals surface area contributed by atoms with Gasteiger partial charge in [0.25, 0.3) is 0 Å². The number of rotatable bonds is 3. The summed E-state index contributed by atoms with van der Waals surface area (Å²) in [7, 11) is 0. The summed E-state index contributed by atoms with van der Waals surface area (Å²) < 4.78 is 14.0. The van der Waals surface area contributed by atoms with Crippen molar-refractivity contribution < 1.29 is 4.39 Å². The predicted octanol–water partition coefficient (Wildman–Crippen LogP) is 7.15. The number of aryl methyl sites for hydroxylation is 1. The SMILES string of the molecule is Cc1ccc(N=C2SC(C)(C)CC/C2=C\Sc2ccccc2F)cc1. The van der Waals surface area contributed by atoms with Gasteiger partial charge in [-0.3, -0.25) is 0 Å². The normalized spacial score (nSPS) is 20.2. The number of thioether (sulfide) groups is 2. The Hall–Kier alpha value is -1.52. The fourth-order valence-corrected chi connectivity index (χ4v) is 4.62. The molecule has 4 heteroatoms. The minimum atomic E-state index is -0.176. The van der Waals surface area contributed by atoms with Gasteiger partial charge in [-0.15, -0.1) is 0 Å². The molecule has 1 aliphatic heterocycles. The number of aliphatic imine (C=N–C) groups is 1. The van der Waals surface area contributed by atoms with E-state index in [-0.39, 0.29) is 10.6 Å². The molecule has 3 rings (SSSR count). The first-order chi connectivity index (χ1) is 11.9. The molecule has 1 saturated heterocycles. The second kappa shape index (κ2) is 7.79. The van der Waals surface area contributed by atoms with Gasteiger partial charge in [0.05, 0.1) is 5.69 Å². The minimum absolute atomic E-state index is 0.170. The van der Waals surface area contributed by atoms with E-state index in [0.29, 0.717) is 4.90 Å². The smallest absolute Gasteiger partial charge is 0.137 e. The highest BCUT2D eigenvalue weighted by Crippen LogP contribution is 2.42. The Balaban J connectivity index is 1.88. The summed E-state index contributed by atoms with van der Waals surface area (Å²) in [6, 6.07) is 15.2. The molecule has 1 heterocycles. The summed E-state index contributed by atoms with van der Waals surface area (Å²) in [5.41, 5.74) is 3.39. The minimum Gasteiger partial charge on any atom is -0.242 e. The van der Waals surface area contributed by atoms with Crippen LogP contribution in [-0.2, 0) is 0 Å². The molecular weight excluding hydrogens is 349 g/mol. The average Bonchev–Trinajstić information content (AvgIpc) is 2.57. The Labute approximate surface area is 157 Å². The van der Waals surface area contributed by atoms with Crippen LogP contribution in [0.15, 0.2) is 69.4 Å². The molecule has 0 spiro atoms. The van der Waals surface area contributed by atoms with Gasteiger partial charge >= 0.3 is 0 Å². The first-order valence-electron chi connectivity index (χ1n) is 8.38. The largest absolute Gasteiger partial charge is 0.242 e. The molecule has 0 atom stereocenters. The molecule has 0 radical (unpaired) electrons. The standard InChI is InChI=1S/C21H22FNS2/c1-15-8-10-17(11-9-15)23-20-16(12-13-21(2,3)25-20)14-24-19-7-5-4-6-18(19)22/h4-11,14H,12-13H2,1-3H3/b16-14+,23-20?. The van der Waals surface area contributed by atoms with Crippen LogP contribution < -0.4 is 0 Å². The summed E-state index contributed by atoms with van der Waals surface area (Å²) in [6.07, 6.45) is 2.06. The highest BCUT2D eigenvalue weighted by molar-refractivity contribution is 8.15. The zero-order chi connectivity index (χ0) is 17.9. The quantitative estimate of drug-likeness (QED) is 0.531. The van der Waals surface area contributed by atoms with Crippen LogP contribution in [0, 0.1) is 12.7 Å². The number of benzene rings is 2. The lowest BCUT2D eigenvalue weighted by Gasteiger charge is -2.31. The van der Waals surface area contributed by atoms with Gasteiger partial charge in [-0.2, -0.15) is 0 Å². The highest BCUT2D eigenvalue weighted by atomic mass is 32.2. The van der Waals surface area contributed by atoms with Crippen LogP contribution in [0.3, 0.4) is 0 Å². The van der Waals surface area contributed by atoms with E-state index < -0.39 is 0 Å². The average molecular weight is 372 g/mol. The molecule has 130 valence electrons. The molecule has 0 aromatic heterocycles. The number of hydrogen-bond acceptors (Lipinski definition) is 3.